The normalized spacial score (nSPS) is 13.8. The molecule has 2 N–H and O–H groups in total. The van der Waals surface area contributed by atoms with Crippen LogP contribution in [0.3, 0.4) is 0 Å². The standard InChI is InChI=1S/C14H25N3O2/c1-9(2)6-12(8-15)17-14(19)13(7-10(3)4)16-11(5)18/h9-10,12-13H,6-7H2,1-5H3,(H,16,18)(H,17,19)/t12-,13-/m0/s1. The van der Waals surface area contributed by atoms with Crippen molar-refractivity contribution in [2.24, 2.45) is 11.8 Å². The maximum Gasteiger partial charge on any atom is 0.243 e. The molecular formula is C14H25N3O2. The number of nitrogens with one attached hydrogen (secondary N) is 2. The monoisotopic (exact) mass is 267 g/mol. The van der Waals surface area contributed by atoms with Crippen molar-refractivity contribution < 1.29 is 9.59 Å². The first-order chi connectivity index (χ1) is 8.76. The molecule has 19 heavy (non-hydrogen) atoms. The van der Waals surface area contributed by atoms with Crippen molar-refractivity contribution in [2.45, 2.75) is 59.5 Å². The van der Waals surface area contributed by atoms with E-state index >= 15 is 0 Å². The molecule has 2 atom stereocenters. The summed E-state index contributed by atoms with van der Waals surface area (Å²) >= 11 is 0. The lowest BCUT2D eigenvalue weighted by molar-refractivity contribution is -0.128. The highest BCUT2D eigenvalue weighted by atomic mass is 16.2. The van der Waals surface area contributed by atoms with Gasteiger partial charge in [-0.15, -0.1) is 0 Å². The van der Waals surface area contributed by atoms with Crippen LogP contribution >= 0.6 is 0 Å². The highest BCUT2D eigenvalue weighted by Gasteiger charge is 2.23. The molecule has 0 aromatic heterocycles. The van der Waals surface area contributed by atoms with E-state index in [9.17, 15) is 9.59 Å². The molecule has 0 saturated carbocycles. The Morgan fingerprint density at radius 3 is 1.95 bits per heavy atom. The van der Waals surface area contributed by atoms with Crippen molar-refractivity contribution in [1.29, 1.82) is 5.26 Å². The minimum atomic E-state index is -0.569. The summed E-state index contributed by atoms with van der Waals surface area (Å²) in [4.78, 5) is 23.2. The van der Waals surface area contributed by atoms with Gasteiger partial charge in [0.15, 0.2) is 0 Å². The topological polar surface area (TPSA) is 82.0 Å². The van der Waals surface area contributed by atoms with Gasteiger partial charge in [0.2, 0.25) is 11.8 Å². The number of amides is 2. The zero-order chi connectivity index (χ0) is 15.0. The zero-order valence-electron chi connectivity index (χ0n) is 12.5. The average molecular weight is 267 g/mol. The SMILES string of the molecule is CC(=O)N[C@@H](CC(C)C)C(=O)N[C@H](C#N)CC(C)C. The molecule has 5 heteroatoms. The molecule has 0 aliphatic rings. The predicted molar refractivity (Wildman–Crippen MR) is 74.1 cm³/mol. The number of nitriles is 1. The Balaban J connectivity index is 4.61. The summed E-state index contributed by atoms with van der Waals surface area (Å²) in [6.45, 7) is 9.35. The second-order valence-electron chi connectivity index (χ2n) is 5.70. The van der Waals surface area contributed by atoms with Crippen LogP contribution in [-0.4, -0.2) is 23.9 Å². The summed E-state index contributed by atoms with van der Waals surface area (Å²) in [5.74, 6) is 0.0942. The molecule has 0 radical (unpaired) electrons. The largest absolute Gasteiger partial charge is 0.345 e. The van der Waals surface area contributed by atoms with Gasteiger partial charge in [0, 0.05) is 6.92 Å². The van der Waals surface area contributed by atoms with Crippen molar-refractivity contribution in [3.05, 3.63) is 0 Å². The Labute approximate surface area is 115 Å². The number of rotatable bonds is 7. The second kappa shape index (κ2) is 8.52. The van der Waals surface area contributed by atoms with Crippen LogP contribution in [0.2, 0.25) is 0 Å². The molecule has 0 aliphatic heterocycles. The third kappa shape index (κ3) is 8.20. The van der Waals surface area contributed by atoms with Crippen LogP contribution in [0.1, 0.15) is 47.5 Å². The molecule has 0 heterocycles. The fourth-order valence-corrected chi connectivity index (χ4v) is 1.84. The molecule has 0 aromatic rings. The van der Waals surface area contributed by atoms with Gasteiger partial charge < -0.3 is 10.6 Å². The van der Waals surface area contributed by atoms with E-state index in [-0.39, 0.29) is 17.7 Å². The number of carbonyl (C=O) groups excluding carboxylic acids is 2. The van der Waals surface area contributed by atoms with E-state index in [4.69, 9.17) is 5.26 Å². The van der Waals surface area contributed by atoms with Crippen molar-refractivity contribution in [3.8, 4) is 6.07 Å². The van der Waals surface area contributed by atoms with E-state index in [0.29, 0.717) is 18.8 Å². The average Bonchev–Trinajstić information content (AvgIpc) is 2.25. The van der Waals surface area contributed by atoms with Crippen LogP contribution in [0, 0.1) is 23.2 Å². The second-order valence-corrected chi connectivity index (χ2v) is 5.70. The minimum absolute atomic E-state index is 0.238. The maximum absolute atomic E-state index is 12.1. The van der Waals surface area contributed by atoms with Crippen molar-refractivity contribution >= 4 is 11.8 Å². The minimum Gasteiger partial charge on any atom is -0.345 e. The van der Waals surface area contributed by atoms with Gasteiger partial charge in [-0.25, -0.2) is 0 Å². The lowest BCUT2D eigenvalue weighted by Crippen LogP contribution is -2.49. The molecular weight excluding hydrogens is 242 g/mol. The molecule has 0 spiro atoms. The van der Waals surface area contributed by atoms with Gasteiger partial charge in [-0.1, -0.05) is 27.7 Å². The first-order valence-corrected chi connectivity index (χ1v) is 6.73. The zero-order valence-corrected chi connectivity index (χ0v) is 12.5. The first-order valence-electron chi connectivity index (χ1n) is 6.73. The van der Waals surface area contributed by atoms with Crippen molar-refractivity contribution in [1.82, 2.24) is 10.6 Å². The molecule has 0 aliphatic carbocycles. The van der Waals surface area contributed by atoms with Crippen LogP contribution in [0.4, 0.5) is 0 Å². The first kappa shape index (κ1) is 17.4. The number of hydrogen-bond acceptors (Lipinski definition) is 3. The van der Waals surface area contributed by atoms with E-state index in [1.807, 2.05) is 27.7 Å². The Hall–Kier alpha value is -1.57. The third-order valence-corrected chi connectivity index (χ3v) is 2.58. The highest BCUT2D eigenvalue weighted by Crippen LogP contribution is 2.08. The van der Waals surface area contributed by atoms with E-state index in [0.717, 1.165) is 0 Å². The molecule has 5 nitrogen and oxygen atoms in total. The summed E-state index contributed by atoms with van der Waals surface area (Å²) in [7, 11) is 0. The Morgan fingerprint density at radius 1 is 1.05 bits per heavy atom. The molecule has 0 rings (SSSR count). The lowest BCUT2D eigenvalue weighted by atomic mass is 10.0. The molecule has 0 fully saturated rings. The van der Waals surface area contributed by atoms with Crippen LogP contribution < -0.4 is 10.6 Å². The van der Waals surface area contributed by atoms with Gasteiger partial charge in [0.25, 0.3) is 0 Å². The summed E-state index contributed by atoms with van der Waals surface area (Å²) in [6, 6.07) is 1.01. The molecule has 0 aromatic carbocycles. The Morgan fingerprint density at radius 2 is 1.58 bits per heavy atom. The van der Waals surface area contributed by atoms with E-state index < -0.39 is 12.1 Å². The van der Waals surface area contributed by atoms with E-state index in [2.05, 4.69) is 16.7 Å². The van der Waals surface area contributed by atoms with Crippen LogP contribution in [-0.2, 0) is 9.59 Å². The lowest BCUT2D eigenvalue weighted by Gasteiger charge is -2.21. The van der Waals surface area contributed by atoms with E-state index in [1.165, 1.54) is 6.92 Å². The predicted octanol–water partition coefficient (Wildman–Crippen LogP) is 1.59. The van der Waals surface area contributed by atoms with E-state index in [1.54, 1.807) is 0 Å². The quantitative estimate of drug-likeness (QED) is 0.735. The number of hydrogen-bond donors (Lipinski definition) is 2. The fourth-order valence-electron chi connectivity index (χ4n) is 1.84. The van der Waals surface area contributed by atoms with Crippen LogP contribution in [0.25, 0.3) is 0 Å². The van der Waals surface area contributed by atoms with Gasteiger partial charge in [-0.05, 0) is 24.7 Å². The Bertz CT molecular complexity index is 345. The maximum atomic E-state index is 12.1. The fraction of sp³-hybridized carbons (Fsp3) is 0.786. The Kier molecular flexibility index (Phi) is 7.81. The van der Waals surface area contributed by atoms with Crippen molar-refractivity contribution in [2.75, 3.05) is 0 Å². The smallest absolute Gasteiger partial charge is 0.243 e. The van der Waals surface area contributed by atoms with Crippen LogP contribution in [0.15, 0.2) is 0 Å². The highest BCUT2D eigenvalue weighted by molar-refractivity contribution is 5.87. The van der Waals surface area contributed by atoms with Gasteiger partial charge in [0.05, 0.1) is 6.07 Å². The van der Waals surface area contributed by atoms with Crippen molar-refractivity contribution in [3.63, 3.8) is 0 Å². The van der Waals surface area contributed by atoms with Gasteiger partial charge >= 0.3 is 0 Å². The van der Waals surface area contributed by atoms with Gasteiger partial charge in [-0.3, -0.25) is 9.59 Å². The van der Waals surface area contributed by atoms with Gasteiger partial charge in [0.1, 0.15) is 12.1 Å². The molecule has 0 saturated heterocycles. The summed E-state index contributed by atoms with van der Waals surface area (Å²) in [5, 5.41) is 14.3. The van der Waals surface area contributed by atoms with Gasteiger partial charge in [-0.2, -0.15) is 5.26 Å². The van der Waals surface area contributed by atoms with Crippen LogP contribution in [0.5, 0.6) is 0 Å². The number of carbonyl (C=O) groups is 2. The molecule has 0 unspecified atom stereocenters. The summed E-state index contributed by atoms with van der Waals surface area (Å²) in [5.41, 5.74) is 0. The molecule has 2 amide bonds. The molecule has 0 bridgehead atoms. The summed E-state index contributed by atoms with van der Waals surface area (Å²) in [6.07, 6.45) is 1.17. The summed E-state index contributed by atoms with van der Waals surface area (Å²) < 4.78 is 0. The third-order valence-electron chi connectivity index (χ3n) is 2.58. The molecule has 108 valence electrons. The number of nitrogens with zero attached hydrogens (tertiary/aromatic N) is 1.